The lowest BCUT2D eigenvalue weighted by Crippen LogP contribution is -2.15. The fourth-order valence-corrected chi connectivity index (χ4v) is 3.16. The Morgan fingerprint density at radius 2 is 1.95 bits per heavy atom. The number of nitrogens with zero attached hydrogens (tertiary/aromatic N) is 2. The molecule has 3 rings (SSSR count). The average Bonchev–Trinajstić information content (AvgIpc) is 2.72. The third-order valence-corrected chi connectivity index (χ3v) is 4.11. The minimum Gasteiger partial charge on any atom is -0.256 e. The fraction of sp³-hybridized carbons (Fsp3) is 0.0769. The third-order valence-electron chi connectivity index (χ3n) is 2.93. The summed E-state index contributed by atoms with van der Waals surface area (Å²) in [5.41, 5.74) is -0.849. The zero-order valence-corrected chi connectivity index (χ0v) is 12.3. The number of halogens is 4. The zero-order chi connectivity index (χ0) is 16.1. The molecule has 0 N–H and O–H groups in total. The van der Waals surface area contributed by atoms with Gasteiger partial charge in [-0.3, -0.25) is 4.79 Å². The lowest BCUT2D eigenvalue weighted by atomic mass is 10.2. The molecule has 9 heteroatoms. The Balaban J connectivity index is 2.24. The van der Waals surface area contributed by atoms with Gasteiger partial charge in [0.15, 0.2) is 11.6 Å². The number of fused-ring (bicyclic) bond motifs is 1. The molecule has 3 aromatic rings. The van der Waals surface area contributed by atoms with E-state index < -0.39 is 28.2 Å². The highest BCUT2D eigenvalue weighted by Crippen LogP contribution is 2.30. The highest BCUT2D eigenvalue weighted by molar-refractivity contribution is 7.80. The summed E-state index contributed by atoms with van der Waals surface area (Å²) in [5, 5.41) is 0. The van der Waals surface area contributed by atoms with Gasteiger partial charge in [0, 0.05) is 11.1 Å². The number of aromatic nitrogens is 2. The molecular weight excluding hydrogens is 340 g/mol. The molecule has 0 aliphatic heterocycles. The first-order valence-electron chi connectivity index (χ1n) is 5.85. The van der Waals surface area contributed by atoms with Crippen molar-refractivity contribution in [3.05, 3.63) is 51.5 Å². The zero-order valence-electron chi connectivity index (χ0n) is 10.6. The van der Waals surface area contributed by atoms with Gasteiger partial charge in [0.25, 0.3) is 0 Å². The van der Waals surface area contributed by atoms with Crippen LogP contribution < -0.4 is 4.87 Å². The molecule has 22 heavy (non-hydrogen) atoms. The lowest BCUT2D eigenvalue weighted by molar-refractivity contribution is -0.138. The van der Waals surface area contributed by atoms with Crippen molar-refractivity contribution in [3.8, 4) is 5.82 Å². The Kier molecular flexibility index (Phi) is 3.48. The fourth-order valence-electron chi connectivity index (χ4n) is 1.96. The van der Waals surface area contributed by atoms with Crippen LogP contribution in [-0.4, -0.2) is 9.55 Å². The first-order valence-corrected chi connectivity index (χ1v) is 7.11. The van der Waals surface area contributed by atoms with Crippen LogP contribution in [0.15, 0.2) is 40.2 Å². The molecule has 0 aliphatic rings. The molecule has 0 bridgehead atoms. The van der Waals surface area contributed by atoms with Gasteiger partial charge < -0.3 is 0 Å². The Morgan fingerprint density at radius 3 is 2.59 bits per heavy atom. The number of benzene rings is 1. The van der Waals surface area contributed by atoms with Gasteiger partial charge in [0.05, 0.1) is 15.8 Å². The van der Waals surface area contributed by atoms with Crippen LogP contribution in [0.5, 0.6) is 0 Å². The van der Waals surface area contributed by atoms with Crippen molar-refractivity contribution < 1.29 is 17.6 Å². The summed E-state index contributed by atoms with van der Waals surface area (Å²) in [6.45, 7) is 0. The SMILES string of the molecule is O=c1sc2cc(S)ccc2n1-c1ncc(C(F)(F)F)cc1F. The second-order valence-electron chi connectivity index (χ2n) is 4.38. The van der Waals surface area contributed by atoms with Crippen molar-refractivity contribution in [2.24, 2.45) is 0 Å². The summed E-state index contributed by atoms with van der Waals surface area (Å²) in [6.07, 6.45) is -4.20. The van der Waals surface area contributed by atoms with Gasteiger partial charge in [-0.15, -0.1) is 12.6 Å². The molecule has 0 unspecified atom stereocenters. The topological polar surface area (TPSA) is 34.9 Å². The van der Waals surface area contributed by atoms with Crippen LogP contribution >= 0.6 is 24.0 Å². The maximum atomic E-state index is 14.0. The largest absolute Gasteiger partial charge is 0.417 e. The van der Waals surface area contributed by atoms with E-state index in [-0.39, 0.29) is 0 Å². The van der Waals surface area contributed by atoms with Crippen molar-refractivity contribution in [3.63, 3.8) is 0 Å². The summed E-state index contributed by atoms with van der Waals surface area (Å²) in [6, 6.07) is 5.07. The van der Waals surface area contributed by atoms with Gasteiger partial charge in [-0.2, -0.15) is 13.2 Å². The van der Waals surface area contributed by atoms with Gasteiger partial charge in [0.1, 0.15) is 0 Å². The molecular formula is C13H6F4N2OS2. The summed E-state index contributed by atoms with van der Waals surface area (Å²) in [4.78, 5) is 15.6. The van der Waals surface area contributed by atoms with Gasteiger partial charge in [-0.25, -0.2) is 13.9 Å². The highest BCUT2D eigenvalue weighted by Gasteiger charge is 2.32. The molecule has 0 saturated carbocycles. The van der Waals surface area contributed by atoms with Crippen LogP contribution in [0.3, 0.4) is 0 Å². The minimum atomic E-state index is -4.70. The van der Waals surface area contributed by atoms with E-state index in [1.807, 2.05) is 0 Å². The molecule has 0 saturated heterocycles. The molecule has 0 radical (unpaired) electrons. The first-order chi connectivity index (χ1) is 10.3. The average molecular weight is 346 g/mol. The van der Waals surface area contributed by atoms with Gasteiger partial charge in [-0.05, 0) is 24.3 Å². The third kappa shape index (κ3) is 2.50. The summed E-state index contributed by atoms with van der Waals surface area (Å²) in [5.74, 6) is -1.68. The maximum Gasteiger partial charge on any atom is 0.417 e. The monoisotopic (exact) mass is 346 g/mol. The molecule has 0 amide bonds. The predicted octanol–water partition coefficient (Wildman–Crippen LogP) is 3.89. The van der Waals surface area contributed by atoms with Crippen molar-refractivity contribution in [1.29, 1.82) is 0 Å². The van der Waals surface area contributed by atoms with Crippen LogP contribution in [-0.2, 0) is 6.18 Å². The highest BCUT2D eigenvalue weighted by atomic mass is 32.1. The number of pyridine rings is 1. The van der Waals surface area contributed by atoms with Crippen molar-refractivity contribution in [1.82, 2.24) is 9.55 Å². The molecule has 0 aliphatic carbocycles. The van der Waals surface area contributed by atoms with E-state index >= 15 is 0 Å². The van der Waals surface area contributed by atoms with Crippen LogP contribution in [0.4, 0.5) is 17.6 Å². The number of hydrogen-bond acceptors (Lipinski definition) is 4. The molecule has 0 atom stereocenters. The molecule has 1 aromatic carbocycles. The maximum absolute atomic E-state index is 14.0. The summed E-state index contributed by atoms with van der Waals surface area (Å²) < 4.78 is 53.1. The normalized spacial score (nSPS) is 12.0. The second-order valence-corrected chi connectivity index (χ2v) is 5.89. The Labute approximate surface area is 130 Å². The Morgan fingerprint density at radius 1 is 1.23 bits per heavy atom. The van der Waals surface area contributed by atoms with Crippen molar-refractivity contribution in [2.45, 2.75) is 11.1 Å². The Bertz CT molecular complexity index is 930. The smallest absolute Gasteiger partial charge is 0.256 e. The van der Waals surface area contributed by atoms with Crippen LogP contribution in [0.25, 0.3) is 16.0 Å². The van der Waals surface area contributed by atoms with E-state index in [4.69, 9.17) is 0 Å². The van der Waals surface area contributed by atoms with Crippen molar-refractivity contribution >= 4 is 34.2 Å². The van der Waals surface area contributed by atoms with E-state index in [0.717, 1.165) is 15.9 Å². The first kappa shape index (κ1) is 15.0. The molecule has 2 heterocycles. The van der Waals surface area contributed by atoms with E-state index in [0.29, 0.717) is 27.4 Å². The molecule has 0 fully saturated rings. The summed E-state index contributed by atoms with van der Waals surface area (Å²) in [7, 11) is 0. The van der Waals surface area contributed by atoms with Gasteiger partial charge >= 0.3 is 11.0 Å². The van der Waals surface area contributed by atoms with E-state index in [9.17, 15) is 22.4 Å². The van der Waals surface area contributed by atoms with Crippen LogP contribution in [0, 0.1) is 5.82 Å². The standard InChI is InChI=1S/C13H6F4N2OS2/c14-8-3-6(13(15,16)17)5-18-11(8)19-9-2-1-7(21)4-10(9)22-12(19)20/h1-5,21H. The van der Waals surface area contributed by atoms with Crippen LogP contribution in [0.2, 0.25) is 0 Å². The van der Waals surface area contributed by atoms with E-state index in [2.05, 4.69) is 17.6 Å². The predicted molar refractivity (Wildman–Crippen MR) is 77.4 cm³/mol. The minimum absolute atomic E-state index is 0.325. The number of thiol groups is 1. The molecule has 3 nitrogen and oxygen atoms in total. The van der Waals surface area contributed by atoms with E-state index in [1.54, 1.807) is 12.1 Å². The lowest BCUT2D eigenvalue weighted by Gasteiger charge is -2.09. The van der Waals surface area contributed by atoms with Gasteiger partial charge in [-0.1, -0.05) is 11.3 Å². The number of rotatable bonds is 1. The molecule has 2 aromatic heterocycles. The Hall–Kier alpha value is -1.87. The number of alkyl halides is 3. The molecule has 0 spiro atoms. The van der Waals surface area contributed by atoms with Crippen molar-refractivity contribution in [2.75, 3.05) is 0 Å². The van der Waals surface area contributed by atoms with E-state index in [1.165, 1.54) is 6.07 Å². The quantitative estimate of drug-likeness (QED) is 0.536. The van der Waals surface area contributed by atoms with Crippen LogP contribution in [0.1, 0.15) is 5.56 Å². The summed E-state index contributed by atoms with van der Waals surface area (Å²) >= 11 is 4.97. The number of hydrogen-bond donors (Lipinski definition) is 1. The number of thiazole rings is 1. The molecule has 114 valence electrons. The second kappa shape index (κ2) is 5.10. The van der Waals surface area contributed by atoms with Gasteiger partial charge in [0.2, 0.25) is 0 Å².